The third-order valence-electron chi connectivity index (χ3n) is 1.92. The van der Waals surface area contributed by atoms with Gasteiger partial charge in [-0.3, -0.25) is 0 Å². The molecule has 1 rings (SSSR count). The Bertz CT molecular complexity index is 344. The van der Waals surface area contributed by atoms with Gasteiger partial charge in [0.1, 0.15) is 0 Å². The highest BCUT2D eigenvalue weighted by atomic mass is 32.2. The molecule has 0 saturated heterocycles. The van der Waals surface area contributed by atoms with Crippen LogP contribution in [-0.2, 0) is 8.98 Å². The second kappa shape index (κ2) is 5.61. The molecule has 0 fully saturated rings. The van der Waals surface area contributed by atoms with Crippen LogP contribution in [-0.4, -0.2) is 5.97 Å². The Morgan fingerprint density at radius 3 is 2.47 bits per heavy atom. The van der Waals surface area contributed by atoms with Gasteiger partial charge in [-0.1, -0.05) is 38.6 Å². The second-order valence-corrected chi connectivity index (χ2v) is 4.25. The third kappa shape index (κ3) is 3.80. The lowest BCUT2D eigenvalue weighted by Gasteiger charge is -2.07. The fraction of sp³-hybridized carbons (Fsp3) is 0.250. The van der Waals surface area contributed by atoms with Gasteiger partial charge in [-0.15, -0.1) is 0 Å². The molecule has 15 heavy (non-hydrogen) atoms. The first-order chi connectivity index (χ1) is 7.11. The topological polar surface area (TPSA) is 26.3 Å². The van der Waals surface area contributed by atoms with Gasteiger partial charge in [0.2, 0.25) is 0 Å². The van der Waals surface area contributed by atoms with E-state index in [1.807, 2.05) is 44.2 Å². The average molecular weight is 222 g/mol. The molecule has 0 radical (unpaired) electrons. The number of rotatable bonds is 4. The molecule has 2 nitrogen and oxygen atoms in total. The van der Waals surface area contributed by atoms with Crippen molar-refractivity contribution in [1.29, 1.82) is 0 Å². The molecule has 0 aliphatic rings. The SMILES string of the molecule is C=C(C(=O)OSc1ccccc1)C(C)C. The van der Waals surface area contributed by atoms with Crippen molar-refractivity contribution in [2.45, 2.75) is 18.7 Å². The smallest absolute Gasteiger partial charge is 0.346 e. The molecule has 0 aliphatic heterocycles. The predicted molar refractivity (Wildman–Crippen MR) is 62.4 cm³/mol. The minimum Gasteiger partial charge on any atom is -0.383 e. The van der Waals surface area contributed by atoms with Crippen molar-refractivity contribution in [2.24, 2.45) is 5.92 Å². The molecular weight excluding hydrogens is 208 g/mol. The molecular formula is C12H14O2S. The maximum absolute atomic E-state index is 11.4. The van der Waals surface area contributed by atoms with Crippen LogP contribution < -0.4 is 0 Å². The van der Waals surface area contributed by atoms with E-state index in [2.05, 4.69) is 6.58 Å². The first-order valence-electron chi connectivity index (χ1n) is 4.74. The van der Waals surface area contributed by atoms with Crippen LogP contribution in [0.4, 0.5) is 0 Å². The lowest BCUT2D eigenvalue weighted by Crippen LogP contribution is -2.07. The van der Waals surface area contributed by atoms with E-state index >= 15 is 0 Å². The van der Waals surface area contributed by atoms with Gasteiger partial charge >= 0.3 is 5.97 Å². The fourth-order valence-corrected chi connectivity index (χ4v) is 1.40. The highest BCUT2D eigenvalue weighted by molar-refractivity contribution is 7.95. The Labute approximate surface area is 94.5 Å². The zero-order valence-electron chi connectivity index (χ0n) is 8.90. The van der Waals surface area contributed by atoms with E-state index in [-0.39, 0.29) is 11.9 Å². The second-order valence-electron chi connectivity index (χ2n) is 3.45. The Balaban J connectivity index is 2.45. The van der Waals surface area contributed by atoms with Gasteiger partial charge in [-0.05, 0) is 18.1 Å². The van der Waals surface area contributed by atoms with Crippen molar-refractivity contribution in [3.8, 4) is 0 Å². The number of carbonyl (C=O) groups is 1. The van der Waals surface area contributed by atoms with Crippen molar-refractivity contribution >= 4 is 18.0 Å². The highest BCUT2D eigenvalue weighted by Gasteiger charge is 2.12. The van der Waals surface area contributed by atoms with E-state index in [0.717, 1.165) is 16.9 Å². The molecule has 0 unspecified atom stereocenters. The largest absolute Gasteiger partial charge is 0.383 e. The monoisotopic (exact) mass is 222 g/mol. The highest BCUT2D eigenvalue weighted by Crippen LogP contribution is 2.21. The Kier molecular flexibility index (Phi) is 4.43. The quantitative estimate of drug-likeness (QED) is 0.576. The van der Waals surface area contributed by atoms with E-state index < -0.39 is 0 Å². The Morgan fingerprint density at radius 1 is 1.33 bits per heavy atom. The summed E-state index contributed by atoms with van der Waals surface area (Å²) in [5.74, 6) is -0.229. The van der Waals surface area contributed by atoms with Crippen LogP contribution >= 0.6 is 12.0 Å². The van der Waals surface area contributed by atoms with Crippen molar-refractivity contribution in [3.63, 3.8) is 0 Å². The van der Waals surface area contributed by atoms with Crippen LogP contribution in [0.3, 0.4) is 0 Å². The van der Waals surface area contributed by atoms with Gasteiger partial charge < -0.3 is 4.18 Å². The lowest BCUT2D eigenvalue weighted by molar-refractivity contribution is -0.129. The molecule has 0 heterocycles. The molecule has 0 N–H and O–H groups in total. The molecule has 0 aliphatic carbocycles. The van der Waals surface area contributed by atoms with Gasteiger partial charge in [0.25, 0.3) is 0 Å². The number of hydrogen-bond acceptors (Lipinski definition) is 3. The summed E-state index contributed by atoms with van der Waals surface area (Å²) >= 11 is 1.06. The normalized spacial score (nSPS) is 10.1. The Hall–Kier alpha value is -1.22. The van der Waals surface area contributed by atoms with E-state index in [9.17, 15) is 4.79 Å². The zero-order chi connectivity index (χ0) is 11.3. The van der Waals surface area contributed by atoms with Gasteiger partial charge in [-0.2, -0.15) is 0 Å². The summed E-state index contributed by atoms with van der Waals surface area (Å²) in [4.78, 5) is 12.3. The maximum Gasteiger partial charge on any atom is 0.346 e. The third-order valence-corrected chi connectivity index (χ3v) is 2.62. The summed E-state index contributed by atoms with van der Waals surface area (Å²) in [6, 6.07) is 9.48. The molecule has 3 heteroatoms. The van der Waals surface area contributed by atoms with Gasteiger partial charge in [0, 0.05) is 10.5 Å². The number of carbonyl (C=O) groups excluding carboxylic acids is 1. The van der Waals surface area contributed by atoms with Crippen LogP contribution in [0.25, 0.3) is 0 Å². The number of benzene rings is 1. The van der Waals surface area contributed by atoms with Crippen LogP contribution in [0.1, 0.15) is 13.8 Å². The van der Waals surface area contributed by atoms with Crippen LogP contribution in [0.2, 0.25) is 0 Å². The van der Waals surface area contributed by atoms with Crippen LogP contribution in [0.5, 0.6) is 0 Å². The summed E-state index contributed by atoms with van der Waals surface area (Å²) in [5, 5.41) is 0. The van der Waals surface area contributed by atoms with E-state index in [4.69, 9.17) is 4.18 Å². The first-order valence-corrected chi connectivity index (χ1v) is 5.48. The zero-order valence-corrected chi connectivity index (χ0v) is 9.71. The van der Waals surface area contributed by atoms with Gasteiger partial charge in [0.05, 0.1) is 12.0 Å². The predicted octanol–water partition coefficient (Wildman–Crippen LogP) is 3.45. The summed E-state index contributed by atoms with van der Waals surface area (Å²) in [5.41, 5.74) is 0.499. The van der Waals surface area contributed by atoms with Crippen LogP contribution in [0.15, 0.2) is 47.4 Å². The maximum atomic E-state index is 11.4. The molecule has 0 atom stereocenters. The minimum atomic E-state index is -0.348. The molecule has 0 amide bonds. The van der Waals surface area contributed by atoms with E-state index in [1.54, 1.807) is 0 Å². The summed E-state index contributed by atoms with van der Waals surface area (Å²) in [6.45, 7) is 7.51. The van der Waals surface area contributed by atoms with Crippen LogP contribution in [0, 0.1) is 5.92 Å². The number of hydrogen-bond donors (Lipinski definition) is 0. The molecule has 1 aromatic carbocycles. The standard InChI is InChI=1S/C12H14O2S/c1-9(2)10(3)12(13)14-15-11-7-5-4-6-8-11/h4-9H,3H2,1-2H3. The molecule has 0 bridgehead atoms. The molecule has 0 aromatic heterocycles. The van der Waals surface area contributed by atoms with Gasteiger partial charge in [0.15, 0.2) is 0 Å². The van der Waals surface area contributed by atoms with Crippen molar-refractivity contribution in [3.05, 3.63) is 42.5 Å². The Morgan fingerprint density at radius 2 is 1.93 bits per heavy atom. The fourth-order valence-electron chi connectivity index (χ4n) is 0.851. The summed E-state index contributed by atoms with van der Waals surface area (Å²) in [7, 11) is 0. The summed E-state index contributed by atoms with van der Waals surface area (Å²) in [6.07, 6.45) is 0. The molecule has 80 valence electrons. The molecule has 0 saturated carbocycles. The average Bonchev–Trinajstić information content (AvgIpc) is 2.26. The van der Waals surface area contributed by atoms with E-state index in [1.165, 1.54) is 0 Å². The first kappa shape index (κ1) is 11.9. The van der Waals surface area contributed by atoms with Gasteiger partial charge in [-0.25, -0.2) is 4.79 Å². The lowest BCUT2D eigenvalue weighted by atomic mass is 10.1. The minimum absolute atomic E-state index is 0.119. The van der Waals surface area contributed by atoms with E-state index in [0.29, 0.717) is 5.57 Å². The van der Waals surface area contributed by atoms with Crippen molar-refractivity contribution in [2.75, 3.05) is 0 Å². The molecule has 0 spiro atoms. The summed E-state index contributed by atoms with van der Waals surface area (Å²) < 4.78 is 5.03. The van der Waals surface area contributed by atoms with Crippen molar-refractivity contribution < 1.29 is 8.98 Å². The van der Waals surface area contributed by atoms with Crippen molar-refractivity contribution in [1.82, 2.24) is 0 Å². The molecule has 1 aromatic rings.